The van der Waals surface area contributed by atoms with Crippen LogP contribution >= 0.6 is 0 Å². The van der Waals surface area contributed by atoms with Crippen LogP contribution in [-0.4, -0.2) is 0 Å². The van der Waals surface area contributed by atoms with Crippen molar-refractivity contribution in [2.45, 2.75) is 12.8 Å². The van der Waals surface area contributed by atoms with Crippen molar-refractivity contribution in [1.82, 2.24) is 0 Å². The minimum absolute atomic E-state index is 1.02. The molecule has 82 valence electrons. The highest BCUT2D eigenvalue weighted by Crippen LogP contribution is 2.41. The predicted molar refractivity (Wildman–Crippen MR) is 67.8 cm³/mol. The van der Waals surface area contributed by atoms with Gasteiger partial charge in [0.25, 0.3) is 0 Å². The van der Waals surface area contributed by atoms with Crippen LogP contribution in [0.2, 0.25) is 0 Å². The average molecular weight is 220 g/mol. The molecule has 0 bridgehead atoms. The van der Waals surface area contributed by atoms with Crippen LogP contribution in [0, 0.1) is 0 Å². The van der Waals surface area contributed by atoms with Crippen molar-refractivity contribution in [2.24, 2.45) is 0 Å². The topological polar surface area (TPSA) is 9.23 Å². The van der Waals surface area contributed by atoms with E-state index in [1.54, 1.807) is 0 Å². The number of ether oxygens (including phenoxy) is 1. The summed E-state index contributed by atoms with van der Waals surface area (Å²) in [7, 11) is 0. The molecular formula is C16H12O. The van der Waals surface area contributed by atoms with E-state index in [1.165, 1.54) is 22.3 Å². The van der Waals surface area contributed by atoms with E-state index in [0.717, 1.165) is 24.4 Å². The van der Waals surface area contributed by atoms with Crippen molar-refractivity contribution >= 4 is 5.76 Å². The summed E-state index contributed by atoms with van der Waals surface area (Å²) >= 11 is 0. The van der Waals surface area contributed by atoms with Gasteiger partial charge in [0.05, 0.1) is 0 Å². The van der Waals surface area contributed by atoms with Crippen LogP contribution in [0.25, 0.3) is 5.76 Å². The second kappa shape index (κ2) is 3.24. The number of rotatable bonds is 0. The van der Waals surface area contributed by atoms with Crippen LogP contribution in [0.4, 0.5) is 0 Å². The molecule has 0 aromatic heterocycles. The second-order valence-electron chi connectivity index (χ2n) is 4.65. The Labute approximate surface area is 100 Å². The molecule has 0 spiro atoms. The molecule has 2 aromatic carbocycles. The Morgan fingerprint density at radius 2 is 1.47 bits per heavy atom. The molecule has 1 nitrogen and oxygen atoms in total. The summed E-state index contributed by atoms with van der Waals surface area (Å²) in [5.74, 6) is 2.11. The summed E-state index contributed by atoms with van der Waals surface area (Å²) < 4.78 is 6.06. The highest BCUT2D eigenvalue weighted by atomic mass is 16.5. The van der Waals surface area contributed by atoms with Crippen LogP contribution in [0.3, 0.4) is 0 Å². The number of allylic oxidation sites excluding steroid dienone is 1. The maximum absolute atomic E-state index is 6.06. The van der Waals surface area contributed by atoms with Gasteiger partial charge in [-0.25, -0.2) is 0 Å². The maximum Gasteiger partial charge on any atom is 0.134 e. The van der Waals surface area contributed by atoms with Crippen molar-refractivity contribution in [2.75, 3.05) is 0 Å². The number of para-hydroxylation sites is 1. The Hall–Kier alpha value is -2.02. The van der Waals surface area contributed by atoms with Gasteiger partial charge in [0.1, 0.15) is 11.5 Å². The number of hydrogen-bond acceptors (Lipinski definition) is 1. The summed E-state index contributed by atoms with van der Waals surface area (Å²) in [6.45, 7) is 0. The van der Waals surface area contributed by atoms with Crippen molar-refractivity contribution in [3.05, 3.63) is 70.8 Å². The van der Waals surface area contributed by atoms with Gasteiger partial charge in [0.15, 0.2) is 0 Å². The number of hydrogen-bond donors (Lipinski definition) is 0. The Morgan fingerprint density at radius 3 is 2.41 bits per heavy atom. The summed E-state index contributed by atoms with van der Waals surface area (Å²) in [5.41, 5.74) is 5.39. The quantitative estimate of drug-likeness (QED) is 0.659. The molecule has 1 heterocycles. The summed E-state index contributed by atoms with van der Waals surface area (Å²) in [6.07, 6.45) is 2.07. The molecule has 0 atom stereocenters. The van der Waals surface area contributed by atoms with Gasteiger partial charge in [-0.1, -0.05) is 42.5 Å². The van der Waals surface area contributed by atoms with E-state index < -0.39 is 0 Å². The SMILES string of the molecule is c1ccc2c(c1)CC1=C(O2)c2ccccc2C1. The van der Waals surface area contributed by atoms with Gasteiger partial charge in [-0.2, -0.15) is 0 Å². The zero-order valence-corrected chi connectivity index (χ0v) is 9.44. The Balaban J connectivity index is 1.84. The first-order chi connectivity index (χ1) is 8.42. The molecule has 0 saturated carbocycles. The fraction of sp³-hybridized carbons (Fsp3) is 0.125. The first-order valence-electron chi connectivity index (χ1n) is 5.98. The summed E-state index contributed by atoms with van der Waals surface area (Å²) in [4.78, 5) is 0. The van der Waals surface area contributed by atoms with Gasteiger partial charge < -0.3 is 4.74 Å². The van der Waals surface area contributed by atoms with Crippen LogP contribution in [0.1, 0.15) is 16.7 Å². The third-order valence-corrected chi connectivity index (χ3v) is 3.58. The fourth-order valence-electron chi connectivity index (χ4n) is 2.76. The zero-order valence-electron chi connectivity index (χ0n) is 9.44. The van der Waals surface area contributed by atoms with Gasteiger partial charge >= 0.3 is 0 Å². The molecule has 0 radical (unpaired) electrons. The minimum Gasteiger partial charge on any atom is -0.456 e. The van der Waals surface area contributed by atoms with E-state index in [2.05, 4.69) is 42.5 Å². The molecule has 1 heteroatoms. The molecule has 0 unspecified atom stereocenters. The monoisotopic (exact) mass is 220 g/mol. The van der Waals surface area contributed by atoms with E-state index in [9.17, 15) is 0 Å². The van der Waals surface area contributed by atoms with E-state index in [1.807, 2.05) is 6.07 Å². The standard InChI is InChI=1S/C16H12O/c1-3-7-14-11(5-1)9-13-10-12-6-2-4-8-15(12)17-16(13)14/h1-8H,9-10H2. The van der Waals surface area contributed by atoms with E-state index in [-0.39, 0.29) is 0 Å². The van der Waals surface area contributed by atoms with Gasteiger partial charge in [0, 0.05) is 12.0 Å². The lowest BCUT2D eigenvalue weighted by atomic mass is 10.0. The van der Waals surface area contributed by atoms with Gasteiger partial charge in [-0.05, 0) is 29.2 Å². The lowest BCUT2D eigenvalue weighted by molar-refractivity contribution is 0.494. The highest BCUT2D eigenvalue weighted by molar-refractivity contribution is 5.75. The Kier molecular flexibility index (Phi) is 1.72. The first kappa shape index (κ1) is 9.06. The molecular weight excluding hydrogens is 208 g/mol. The summed E-state index contributed by atoms with van der Waals surface area (Å²) in [6, 6.07) is 16.9. The third-order valence-electron chi connectivity index (χ3n) is 3.58. The van der Waals surface area contributed by atoms with E-state index >= 15 is 0 Å². The summed E-state index contributed by atoms with van der Waals surface area (Å²) in [5, 5.41) is 0. The zero-order chi connectivity index (χ0) is 11.2. The highest BCUT2D eigenvalue weighted by Gasteiger charge is 2.27. The van der Waals surface area contributed by atoms with Crippen LogP contribution in [-0.2, 0) is 12.8 Å². The fourth-order valence-corrected chi connectivity index (χ4v) is 2.76. The molecule has 0 amide bonds. The van der Waals surface area contributed by atoms with Crippen molar-refractivity contribution in [1.29, 1.82) is 0 Å². The molecule has 2 aliphatic rings. The minimum atomic E-state index is 1.02. The van der Waals surface area contributed by atoms with Crippen LogP contribution in [0.15, 0.2) is 54.1 Å². The molecule has 17 heavy (non-hydrogen) atoms. The molecule has 0 saturated heterocycles. The van der Waals surface area contributed by atoms with Crippen molar-refractivity contribution in [3.8, 4) is 5.75 Å². The van der Waals surface area contributed by atoms with E-state index in [4.69, 9.17) is 4.74 Å². The predicted octanol–water partition coefficient (Wildman–Crippen LogP) is 3.59. The second-order valence-corrected chi connectivity index (χ2v) is 4.65. The van der Waals surface area contributed by atoms with E-state index in [0.29, 0.717) is 0 Å². The van der Waals surface area contributed by atoms with Gasteiger partial charge in [-0.15, -0.1) is 0 Å². The van der Waals surface area contributed by atoms with Crippen LogP contribution in [0.5, 0.6) is 5.75 Å². The molecule has 4 rings (SSSR count). The molecule has 1 aliphatic heterocycles. The van der Waals surface area contributed by atoms with Crippen molar-refractivity contribution < 1.29 is 4.74 Å². The average Bonchev–Trinajstić information content (AvgIpc) is 2.73. The lowest BCUT2D eigenvalue weighted by Gasteiger charge is -2.19. The normalized spacial score (nSPS) is 16.0. The molecule has 2 aromatic rings. The lowest BCUT2D eigenvalue weighted by Crippen LogP contribution is -2.06. The number of benzene rings is 2. The molecule has 0 fully saturated rings. The third kappa shape index (κ3) is 1.26. The van der Waals surface area contributed by atoms with Crippen LogP contribution < -0.4 is 4.74 Å². The van der Waals surface area contributed by atoms with Crippen molar-refractivity contribution in [3.63, 3.8) is 0 Å². The maximum atomic E-state index is 6.06. The van der Waals surface area contributed by atoms with Gasteiger partial charge in [0.2, 0.25) is 0 Å². The number of fused-ring (bicyclic) bond motifs is 3. The molecule has 1 aliphatic carbocycles. The Bertz CT molecular complexity index is 637. The first-order valence-corrected chi connectivity index (χ1v) is 5.98. The molecule has 0 N–H and O–H groups in total. The van der Waals surface area contributed by atoms with Gasteiger partial charge in [-0.3, -0.25) is 0 Å². The Morgan fingerprint density at radius 1 is 0.765 bits per heavy atom. The largest absolute Gasteiger partial charge is 0.456 e. The smallest absolute Gasteiger partial charge is 0.134 e.